The Kier molecular flexibility index (Phi) is 3.74. The second-order valence-electron chi connectivity index (χ2n) is 4.98. The number of H-pyrrole nitrogens is 1. The maximum absolute atomic E-state index is 11.0. The number of aromatic nitrogens is 2. The summed E-state index contributed by atoms with van der Waals surface area (Å²) in [5, 5.41) is 21.4. The summed E-state index contributed by atoms with van der Waals surface area (Å²) in [6.45, 7) is 7.56. The average molecular weight is 274 g/mol. The molecule has 20 heavy (non-hydrogen) atoms. The van der Waals surface area contributed by atoms with E-state index in [1.807, 2.05) is 26.8 Å². The minimum atomic E-state index is -0.347. The minimum Gasteiger partial charge on any atom is -0.376 e. The molecule has 0 amide bonds. The number of nitro benzene ring substituents is 1. The predicted molar refractivity (Wildman–Crippen MR) is 77.9 cm³/mol. The van der Waals surface area contributed by atoms with E-state index in [1.54, 1.807) is 19.1 Å². The average Bonchev–Trinajstić information content (AvgIpc) is 2.70. The summed E-state index contributed by atoms with van der Waals surface area (Å²) in [5.41, 5.74) is 4.48. The Hall–Kier alpha value is -2.37. The van der Waals surface area contributed by atoms with Crippen LogP contribution in [-0.2, 0) is 0 Å². The molecule has 1 aromatic carbocycles. The van der Waals surface area contributed by atoms with Crippen LogP contribution in [-0.4, -0.2) is 15.1 Å². The molecule has 1 atom stereocenters. The van der Waals surface area contributed by atoms with Crippen LogP contribution in [0.1, 0.15) is 35.5 Å². The molecule has 0 saturated heterocycles. The van der Waals surface area contributed by atoms with Crippen LogP contribution in [0.15, 0.2) is 18.2 Å². The molecule has 0 saturated carbocycles. The molecule has 0 bridgehead atoms. The van der Waals surface area contributed by atoms with E-state index < -0.39 is 0 Å². The Morgan fingerprint density at radius 3 is 2.60 bits per heavy atom. The van der Waals surface area contributed by atoms with Gasteiger partial charge in [0.2, 0.25) is 0 Å². The van der Waals surface area contributed by atoms with Gasteiger partial charge in [-0.2, -0.15) is 5.10 Å². The van der Waals surface area contributed by atoms with Gasteiger partial charge in [-0.3, -0.25) is 15.2 Å². The molecule has 1 aromatic heterocycles. The van der Waals surface area contributed by atoms with Crippen molar-refractivity contribution in [3.63, 3.8) is 0 Å². The topological polar surface area (TPSA) is 83.8 Å². The largest absolute Gasteiger partial charge is 0.376 e. The number of nitrogens with one attached hydrogen (secondary N) is 2. The van der Waals surface area contributed by atoms with E-state index in [-0.39, 0.29) is 16.7 Å². The Labute approximate surface area is 117 Å². The van der Waals surface area contributed by atoms with Crippen LogP contribution in [0, 0.1) is 30.9 Å². The van der Waals surface area contributed by atoms with Gasteiger partial charge in [0, 0.05) is 17.7 Å². The molecular weight excluding hydrogens is 256 g/mol. The lowest BCUT2D eigenvalue weighted by Gasteiger charge is -2.16. The number of benzene rings is 1. The van der Waals surface area contributed by atoms with Crippen molar-refractivity contribution in [2.45, 2.75) is 33.7 Å². The second-order valence-corrected chi connectivity index (χ2v) is 4.98. The third kappa shape index (κ3) is 2.64. The van der Waals surface area contributed by atoms with Crippen LogP contribution in [0.3, 0.4) is 0 Å². The van der Waals surface area contributed by atoms with Crippen molar-refractivity contribution in [1.82, 2.24) is 10.2 Å². The number of aromatic amines is 1. The van der Waals surface area contributed by atoms with E-state index in [4.69, 9.17) is 0 Å². The van der Waals surface area contributed by atoms with Gasteiger partial charge in [-0.25, -0.2) is 0 Å². The fraction of sp³-hybridized carbons (Fsp3) is 0.357. The summed E-state index contributed by atoms with van der Waals surface area (Å²) < 4.78 is 0. The summed E-state index contributed by atoms with van der Waals surface area (Å²) in [6.07, 6.45) is 0. The maximum atomic E-state index is 11.0. The zero-order valence-electron chi connectivity index (χ0n) is 12.0. The van der Waals surface area contributed by atoms with Crippen molar-refractivity contribution in [3.8, 4) is 0 Å². The Morgan fingerprint density at radius 2 is 2.05 bits per heavy atom. The van der Waals surface area contributed by atoms with Crippen LogP contribution in [0.2, 0.25) is 0 Å². The predicted octanol–water partition coefficient (Wildman–Crippen LogP) is 3.42. The van der Waals surface area contributed by atoms with Gasteiger partial charge < -0.3 is 5.32 Å². The van der Waals surface area contributed by atoms with Crippen molar-refractivity contribution >= 4 is 11.4 Å². The van der Waals surface area contributed by atoms with Gasteiger partial charge in [-0.05, 0) is 33.3 Å². The Bertz CT molecular complexity index is 629. The first kappa shape index (κ1) is 14.0. The SMILES string of the molecule is Cc1ccc(C(C)Nc2c(C)n[nH]c2C)cc1[N+](=O)[O-]. The number of nitrogens with zero attached hydrogens (tertiary/aromatic N) is 2. The molecule has 0 spiro atoms. The van der Waals surface area contributed by atoms with E-state index in [2.05, 4.69) is 15.5 Å². The molecule has 6 nitrogen and oxygen atoms in total. The zero-order valence-corrected chi connectivity index (χ0v) is 12.0. The van der Waals surface area contributed by atoms with Crippen LogP contribution in [0.4, 0.5) is 11.4 Å². The van der Waals surface area contributed by atoms with Crippen molar-refractivity contribution in [2.24, 2.45) is 0 Å². The third-order valence-electron chi connectivity index (χ3n) is 3.42. The molecule has 1 heterocycles. The lowest BCUT2D eigenvalue weighted by molar-refractivity contribution is -0.385. The summed E-state index contributed by atoms with van der Waals surface area (Å²) >= 11 is 0. The molecule has 0 fully saturated rings. The number of nitro groups is 1. The number of anilines is 1. The molecular formula is C14H18N4O2. The molecule has 0 aliphatic rings. The highest BCUT2D eigenvalue weighted by Crippen LogP contribution is 2.27. The first-order valence-electron chi connectivity index (χ1n) is 6.43. The van der Waals surface area contributed by atoms with Gasteiger partial charge in [0.15, 0.2) is 0 Å². The Morgan fingerprint density at radius 1 is 1.35 bits per heavy atom. The molecule has 106 valence electrons. The van der Waals surface area contributed by atoms with Gasteiger partial charge in [-0.1, -0.05) is 12.1 Å². The van der Waals surface area contributed by atoms with E-state index in [0.717, 1.165) is 22.6 Å². The number of rotatable bonds is 4. The molecule has 0 aliphatic heterocycles. The number of aryl methyl sites for hydroxylation is 3. The molecule has 2 aromatic rings. The van der Waals surface area contributed by atoms with E-state index >= 15 is 0 Å². The van der Waals surface area contributed by atoms with Crippen molar-refractivity contribution in [1.29, 1.82) is 0 Å². The van der Waals surface area contributed by atoms with Gasteiger partial charge >= 0.3 is 0 Å². The van der Waals surface area contributed by atoms with Gasteiger partial charge in [0.05, 0.1) is 22.0 Å². The first-order chi connectivity index (χ1) is 9.40. The molecule has 2 rings (SSSR count). The van der Waals surface area contributed by atoms with Crippen LogP contribution >= 0.6 is 0 Å². The molecule has 2 N–H and O–H groups in total. The van der Waals surface area contributed by atoms with Crippen LogP contribution in [0.25, 0.3) is 0 Å². The third-order valence-corrected chi connectivity index (χ3v) is 3.42. The van der Waals surface area contributed by atoms with Crippen LogP contribution < -0.4 is 5.32 Å². The fourth-order valence-electron chi connectivity index (χ4n) is 2.16. The highest BCUT2D eigenvalue weighted by molar-refractivity contribution is 5.54. The maximum Gasteiger partial charge on any atom is 0.272 e. The lowest BCUT2D eigenvalue weighted by Crippen LogP contribution is -2.08. The van der Waals surface area contributed by atoms with Gasteiger partial charge in [-0.15, -0.1) is 0 Å². The standard InChI is InChI=1S/C14H18N4O2/c1-8-5-6-12(7-13(8)18(19)20)9(2)15-14-10(3)16-17-11(14)4/h5-7,9,15H,1-4H3,(H,16,17). The normalized spacial score (nSPS) is 12.2. The molecule has 0 radical (unpaired) electrons. The number of hydrogen-bond acceptors (Lipinski definition) is 4. The van der Waals surface area contributed by atoms with E-state index in [0.29, 0.717) is 5.56 Å². The Balaban J connectivity index is 2.28. The summed E-state index contributed by atoms with van der Waals surface area (Å²) in [5.74, 6) is 0. The summed E-state index contributed by atoms with van der Waals surface area (Å²) in [4.78, 5) is 10.6. The van der Waals surface area contributed by atoms with Crippen LogP contribution in [0.5, 0.6) is 0 Å². The van der Waals surface area contributed by atoms with Crippen molar-refractivity contribution < 1.29 is 4.92 Å². The summed E-state index contributed by atoms with van der Waals surface area (Å²) in [6, 6.07) is 5.27. The van der Waals surface area contributed by atoms with Crippen molar-refractivity contribution in [3.05, 3.63) is 50.8 Å². The second kappa shape index (κ2) is 5.32. The quantitative estimate of drug-likeness (QED) is 0.661. The zero-order chi connectivity index (χ0) is 14.9. The molecule has 6 heteroatoms. The first-order valence-corrected chi connectivity index (χ1v) is 6.43. The van der Waals surface area contributed by atoms with Gasteiger partial charge in [0.25, 0.3) is 5.69 Å². The highest BCUT2D eigenvalue weighted by Gasteiger charge is 2.16. The monoisotopic (exact) mass is 274 g/mol. The van der Waals surface area contributed by atoms with E-state index in [9.17, 15) is 10.1 Å². The number of hydrogen-bond donors (Lipinski definition) is 2. The summed E-state index contributed by atoms with van der Waals surface area (Å²) in [7, 11) is 0. The fourth-order valence-corrected chi connectivity index (χ4v) is 2.16. The molecule has 1 unspecified atom stereocenters. The minimum absolute atomic E-state index is 0.0377. The van der Waals surface area contributed by atoms with Gasteiger partial charge in [0.1, 0.15) is 0 Å². The highest BCUT2D eigenvalue weighted by atomic mass is 16.6. The smallest absolute Gasteiger partial charge is 0.272 e. The van der Waals surface area contributed by atoms with E-state index in [1.165, 1.54) is 0 Å². The molecule has 0 aliphatic carbocycles. The lowest BCUT2D eigenvalue weighted by atomic mass is 10.0. The van der Waals surface area contributed by atoms with Crippen molar-refractivity contribution in [2.75, 3.05) is 5.32 Å².